The Kier molecular flexibility index (Phi) is 4.47. The Morgan fingerprint density at radius 3 is 2.79 bits per heavy atom. The number of hydrogen-bond acceptors (Lipinski definition) is 4. The summed E-state index contributed by atoms with van der Waals surface area (Å²) in [5, 5.41) is 0.383. The van der Waals surface area contributed by atoms with Crippen LogP contribution < -0.4 is 10.5 Å². The fraction of sp³-hybridized carbons (Fsp3) is 0.500. The predicted octanol–water partition coefficient (Wildman–Crippen LogP) is 0.781. The van der Waals surface area contributed by atoms with E-state index < -0.39 is 10.0 Å². The highest BCUT2D eigenvalue weighted by Gasteiger charge is 2.25. The molecule has 5 nitrogen and oxygen atoms in total. The normalized spacial score (nSPS) is 20.9. The number of halogens is 1. The lowest BCUT2D eigenvalue weighted by molar-refractivity contribution is 0.407. The number of nitrogens with two attached hydrogens (primary N) is 1. The maximum absolute atomic E-state index is 12.2. The van der Waals surface area contributed by atoms with Crippen LogP contribution in [0.2, 0.25) is 5.02 Å². The van der Waals surface area contributed by atoms with E-state index in [0.29, 0.717) is 11.6 Å². The van der Waals surface area contributed by atoms with Gasteiger partial charge in [0.15, 0.2) is 0 Å². The molecule has 3 N–H and O–H groups in total. The number of sulfonamides is 1. The molecule has 0 radical (unpaired) electrons. The Bertz CT molecular complexity index is 562. The summed E-state index contributed by atoms with van der Waals surface area (Å²) in [4.78, 5) is 2.28. The summed E-state index contributed by atoms with van der Waals surface area (Å²) in [5.74, 6) is 0. The highest BCUT2D eigenvalue weighted by molar-refractivity contribution is 7.89. The molecule has 2 rings (SSSR count). The third kappa shape index (κ3) is 3.46. The molecule has 0 spiro atoms. The number of rotatable bonds is 4. The summed E-state index contributed by atoms with van der Waals surface area (Å²) >= 11 is 5.99. The van der Waals surface area contributed by atoms with Crippen molar-refractivity contribution in [1.29, 1.82) is 0 Å². The molecule has 0 aromatic heterocycles. The molecular weight excluding hydrogens is 286 g/mol. The number of benzene rings is 1. The van der Waals surface area contributed by atoms with E-state index in [0.717, 1.165) is 25.1 Å². The van der Waals surface area contributed by atoms with Crippen LogP contribution in [-0.2, 0) is 16.6 Å². The zero-order valence-corrected chi connectivity index (χ0v) is 12.3. The maximum atomic E-state index is 12.2. The van der Waals surface area contributed by atoms with E-state index in [1.54, 1.807) is 6.07 Å². The van der Waals surface area contributed by atoms with Gasteiger partial charge in [0.25, 0.3) is 0 Å². The number of hydrogen-bond donors (Lipinski definition) is 2. The lowest BCUT2D eigenvalue weighted by Gasteiger charge is -2.14. The highest BCUT2D eigenvalue weighted by atomic mass is 35.5. The van der Waals surface area contributed by atoms with Crippen LogP contribution in [0.5, 0.6) is 0 Å². The van der Waals surface area contributed by atoms with Crippen molar-refractivity contribution in [1.82, 2.24) is 9.62 Å². The zero-order chi connectivity index (χ0) is 14.0. The average molecular weight is 304 g/mol. The minimum Gasteiger partial charge on any atom is -0.326 e. The van der Waals surface area contributed by atoms with Gasteiger partial charge in [0.05, 0.1) is 4.90 Å². The highest BCUT2D eigenvalue weighted by Crippen LogP contribution is 2.21. The van der Waals surface area contributed by atoms with Crippen molar-refractivity contribution in [2.75, 3.05) is 20.1 Å². The Hall–Kier alpha value is -0.660. The van der Waals surface area contributed by atoms with Gasteiger partial charge in [0, 0.05) is 24.2 Å². The van der Waals surface area contributed by atoms with Gasteiger partial charge >= 0.3 is 0 Å². The third-order valence-corrected chi connectivity index (χ3v) is 5.14. The molecule has 19 heavy (non-hydrogen) atoms. The average Bonchev–Trinajstić information content (AvgIpc) is 2.73. The number of likely N-dealkylation sites (N-methyl/N-ethyl adjacent to an activating group) is 1. The lowest BCUT2D eigenvalue weighted by atomic mass is 10.2. The monoisotopic (exact) mass is 303 g/mol. The minimum atomic E-state index is -3.52. The van der Waals surface area contributed by atoms with Crippen molar-refractivity contribution < 1.29 is 8.42 Å². The van der Waals surface area contributed by atoms with Crippen LogP contribution in [0.1, 0.15) is 12.0 Å². The molecule has 0 amide bonds. The SMILES string of the molecule is CN1CCC(NS(=O)(=O)c2ccc(CN)c(Cl)c2)C1. The number of nitrogens with zero attached hydrogens (tertiary/aromatic N) is 1. The van der Waals surface area contributed by atoms with Gasteiger partial charge in [0.2, 0.25) is 10.0 Å². The molecule has 1 aliphatic rings. The molecule has 1 unspecified atom stereocenters. The standard InChI is InChI=1S/C12H18ClN3O2S/c1-16-5-4-10(8-16)15-19(17,18)11-3-2-9(7-14)12(13)6-11/h2-3,6,10,15H,4-5,7-8,14H2,1H3. The van der Waals surface area contributed by atoms with Gasteiger partial charge in [-0.1, -0.05) is 17.7 Å². The van der Waals surface area contributed by atoms with E-state index in [-0.39, 0.29) is 10.9 Å². The van der Waals surface area contributed by atoms with Gasteiger partial charge in [0.1, 0.15) is 0 Å². The maximum Gasteiger partial charge on any atom is 0.240 e. The Morgan fingerprint density at radius 2 is 2.26 bits per heavy atom. The quantitative estimate of drug-likeness (QED) is 0.862. The molecule has 1 atom stereocenters. The first kappa shape index (κ1) is 14.7. The fourth-order valence-electron chi connectivity index (χ4n) is 2.18. The van der Waals surface area contributed by atoms with E-state index >= 15 is 0 Å². The van der Waals surface area contributed by atoms with Crippen molar-refractivity contribution in [3.63, 3.8) is 0 Å². The first-order valence-electron chi connectivity index (χ1n) is 6.12. The van der Waals surface area contributed by atoms with Crippen molar-refractivity contribution >= 4 is 21.6 Å². The van der Waals surface area contributed by atoms with E-state index in [2.05, 4.69) is 9.62 Å². The second kappa shape index (κ2) is 5.76. The lowest BCUT2D eigenvalue weighted by Crippen LogP contribution is -2.36. The van der Waals surface area contributed by atoms with Gasteiger partial charge in [-0.25, -0.2) is 13.1 Å². The second-order valence-electron chi connectivity index (χ2n) is 4.83. The molecule has 1 fully saturated rings. The van der Waals surface area contributed by atoms with E-state index in [1.807, 2.05) is 7.05 Å². The van der Waals surface area contributed by atoms with Gasteiger partial charge in [-0.2, -0.15) is 0 Å². The minimum absolute atomic E-state index is 0.0389. The van der Waals surface area contributed by atoms with E-state index in [9.17, 15) is 8.42 Å². The van der Waals surface area contributed by atoms with Crippen LogP contribution in [0, 0.1) is 0 Å². The first-order valence-corrected chi connectivity index (χ1v) is 7.98. The summed E-state index contributed by atoms with van der Waals surface area (Å²) < 4.78 is 27.2. The third-order valence-electron chi connectivity index (χ3n) is 3.27. The van der Waals surface area contributed by atoms with Crippen LogP contribution in [0.4, 0.5) is 0 Å². The molecule has 1 heterocycles. The molecule has 1 aliphatic heterocycles. The van der Waals surface area contributed by atoms with Crippen molar-refractivity contribution in [2.45, 2.75) is 23.9 Å². The predicted molar refractivity (Wildman–Crippen MR) is 75.6 cm³/mol. The van der Waals surface area contributed by atoms with Crippen molar-refractivity contribution in [3.05, 3.63) is 28.8 Å². The molecule has 106 valence electrons. The van der Waals surface area contributed by atoms with Crippen LogP contribution in [0.25, 0.3) is 0 Å². The summed E-state index contributed by atoms with van der Waals surface area (Å²) in [7, 11) is -1.54. The van der Waals surface area contributed by atoms with Gasteiger partial charge in [-0.05, 0) is 37.7 Å². The van der Waals surface area contributed by atoms with Crippen molar-refractivity contribution in [2.24, 2.45) is 5.73 Å². The van der Waals surface area contributed by atoms with Crippen LogP contribution in [0.3, 0.4) is 0 Å². The summed E-state index contributed by atoms with van der Waals surface area (Å²) in [5.41, 5.74) is 6.24. The molecular formula is C12H18ClN3O2S. The van der Waals surface area contributed by atoms with Crippen molar-refractivity contribution in [3.8, 4) is 0 Å². The van der Waals surface area contributed by atoms with Gasteiger partial charge < -0.3 is 10.6 Å². The van der Waals surface area contributed by atoms with E-state index in [4.69, 9.17) is 17.3 Å². The summed E-state index contributed by atoms with van der Waals surface area (Å²) in [6.07, 6.45) is 0.824. The second-order valence-corrected chi connectivity index (χ2v) is 6.95. The van der Waals surface area contributed by atoms with Crippen LogP contribution in [-0.4, -0.2) is 39.5 Å². The zero-order valence-electron chi connectivity index (χ0n) is 10.8. The van der Waals surface area contributed by atoms with Crippen LogP contribution in [0.15, 0.2) is 23.1 Å². The molecule has 1 aromatic carbocycles. The van der Waals surface area contributed by atoms with Gasteiger partial charge in [-0.15, -0.1) is 0 Å². The van der Waals surface area contributed by atoms with E-state index in [1.165, 1.54) is 12.1 Å². The fourth-order valence-corrected chi connectivity index (χ4v) is 3.79. The molecule has 0 saturated carbocycles. The molecule has 1 aromatic rings. The summed E-state index contributed by atoms with van der Waals surface area (Å²) in [6.45, 7) is 1.92. The molecule has 7 heteroatoms. The topological polar surface area (TPSA) is 75.4 Å². The smallest absolute Gasteiger partial charge is 0.240 e. The Morgan fingerprint density at radius 1 is 1.53 bits per heavy atom. The molecule has 0 aliphatic carbocycles. The Labute approximate surface area is 118 Å². The first-order chi connectivity index (χ1) is 8.92. The van der Waals surface area contributed by atoms with Gasteiger partial charge in [-0.3, -0.25) is 0 Å². The molecule has 0 bridgehead atoms. The number of nitrogens with one attached hydrogen (secondary N) is 1. The number of likely N-dealkylation sites (tertiary alicyclic amines) is 1. The largest absolute Gasteiger partial charge is 0.326 e. The van der Waals surface area contributed by atoms with Crippen LogP contribution >= 0.6 is 11.6 Å². The molecule has 1 saturated heterocycles. The Balaban J connectivity index is 2.17. The summed E-state index contributed by atoms with van der Waals surface area (Å²) in [6, 6.07) is 4.60.